The Kier molecular flexibility index (Phi) is 3.91. The minimum absolute atomic E-state index is 0.272. The SMILES string of the molecule is C=CCc1ccc2c(c1)C1(c3ccccc3-c3ccccc31)c1cc(CC=C)ccc1-2. The molecule has 148 valence electrons. The second-order valence-electron chi connectivity index (χ2n) is 8.59. The summed E-state index contributed by atoms with van der Waals surface area (Å²) in [7, 11) is 0. The highest BCUT2D eigenvalue weighted by molar-refractivity contribution is 5.95. The van der Waals surface area contributed by atoms with Crippen LogP contribution in [0.15, 0.2) is 110 Å². The predicted molar refractivity (Wildman–Crippen MR) is 131 cm³/mol. The third-order valence-corrected chi connectivity index (χ3v) is 6.98. The number of hydrogen-bond acceptors (Lipinski definition) is 0. The Balaban J connectivity index is 1.78. The second-order valence-corrected chi connectivity index (χ2v) is 8.59. The van der Waals surface area contributed by atoms with Crippen molar-refractivity contribution >= 4 is 0 Å². The zero-order valence-electron chi connectivity index (χ0n) is 17.6. The summed E-state index contributed by atoms with van der Waals surface area (Å²) in [5.74, 6) is 0. The van der Waals surface area contributed by atoms with Crippen molar-refractivity contribution in [3.05, 3.63) is 144 Å². The first-order chi connectivity index (χ1) is 15.3. The number of rotatable bonds is 4. The van der Waals surface area contributed by atoms with E-state index < -0.39 is 0 Å². The van der Waals surface area contributed by atoms with E-state index in [9.17, 15) is 0 Å². The van der Waals surface area contributed by atoms with E-state index in [1.165, 1.54) is 55.6 Å². The summed E-state index contributed by atoms with van der Waals surface area (Å²) >= 11 is 0. The average molecular weight is 397 g/mol. The summed E-state index contributed by atoms with van der Waals surface area (Å²) in [6.45, 7) is 7.95. The van der Waals surface area contributed by atoms with Crippen LogP contribution in [0.2, 0.25) is 0 Å². The molecule has 0 saturated heterocycles. The molecule has 2 aliphatic carbocycles. The molecule has 2 aliphatic rings. The molecule has 6 rings (SSSR count). The van der Waals surface area contributed by atoms with E-state index in [0.29, 0.717) is 0 Å². The van der Waals surface area contributed by atoms with Crippen molar-refractivity contribution < 1.29 is 0 Å². The topological polar surface area (TPSA) is 0 Å². The standard InChI is InChI=1S/C31H24/c1-3-9-21-15-17-25-26-18-16-22(10-4-2)20-30(26)31(29(25)19-21)27-13-7-5-11-23(27)24-12-6-8-14-28(24)31/h3-8,11-20H,1-2,9-10H2. The van der Waals surface area contributed by atoms with Gasteiger partial charge >= 0.3 is 0 Å². The lowest BCUT2D eigenvalue weighted by Crippen LogP contribution is -2.26. The molecule has 4 aromatic rings. The molecule has 0 atom stereocenters. The lowest BCUT2D eigenvalue weighted by atomic mass is 9.70. The molecule has 0 aliphatic heterocycles. The van der Waals surface area contributed by atoms with Gasteiger partial charge < -0.3 is 0 Å². The normalized spacial score (nSPS) is 13.9. The Bertz CT molecular complexity index is 1260. The summed E-state index contributed by atoms with van der Waals surface area (Å²) in [6.07, 6.45) is 5.75. The zero-order valence-corrected chi connectivity index (χ0v) is 17.6. The Morgan fingerprint density at radius 3 is 1.39 bits per heavy atom. The summed E-state index contributed by atoms with van der Waals surface area (Å²) in [6, 6.07) is 31.9. The van der Waals surface area contributed by atoms with Crippen LogP contribution in [0.25, 0.3) is 22.3 Å². The first-order valence-electron chi connectivity index (χ1n) is 11.0. The van der Waals surface area contributed by atoms with Crippen LogP contribution in [0.1, 0.15) is 33.4 Å². The van der Waals surface area contributed by atoms with Gasteiger partial charge in [-0.2, -0.15) is 0 Å². The maximum Gasteiger partial charge on any atom is 0.0725 e. The largest absolute Gasteiger partial charge is 0.103 e. The molecule has 0 saturated carbocycles. The molecular formula is C31H24. The van der Waals surface area contributed by atoms with E-state index in [1.807, 2.05) is 12.2 Å². The minimum atomic E-state index is -0.272. The average Bonchev–Trinajstić information content (AvgIpc) is 3.26. The van der Waals surface area contributed by atoms with E-state index in [1.54, 1.807) is 0 Å². The molecule has 1 spiro atoms. The van der Waals surface area contributed by atoms with Crippen LogP contribution in [-0.2, 0) is 18.3 Å². The predicted octanol–water partition coefficient (Wildman–Crippen LogP) is 7.49. The summed E-state index contributed by atoms with van der Waals surface area (Å²) in [5, 5.41) is 0. The van der Waals surface area contributed by atoms with Crippen LogP contribution in [-0.4, -0.2) is 0 Å². The Morgan fingerprint density at radius 1 is 0.516 bits per heavy atom. The monoisotopic (exact) mass is 396 g/mol. The maximum absolute atomic E-state index is 3.97. The first-order valence-corrected chi connectivity index (χ1v) is 11.0. The molecule has 0 amide bonds. The van der Waals surface area contributed by atoms with Gasteiger partial charge in [-0.05, 0) is 68.5 Å². The highest BCUT2D eigenvalue weighted by Crippen LogP contribution is 2.62. The molecule has 31 heavy (non-hydrogen) atoms. The van der Waals surface area contributed by atoms with Gasteiger partial charge in [-0.15, -0.1) is 13.2 Å². The number of hydrogen-bond donors (Lipinski definition) is 0. The molecule has 4 aromatic carbocycles. The fraction of sp³-hybridized carbons (Fsp3) is 0.0968. The Labute approximate surface area is 184 Å². The summed E-state index contributed by atoms with van der Waals surface area (Å²) in [5.41, 5.74) is 13.3. The quantitative estimate of drug-likeness (QED) is 0.271. The smallest absolute Gasteiger partial charge is 0.0725 e. The first kappa shape index (κ1) is 18.2. The highest BCUT2D eigenvalue weighted by Gasteiger charge is 2.51. The van der Waals surface area contributed by atoms with Gasteiger partial charge in [0.25, 0.3) is 0 Å². The second kappa shape index (κ2) is 6.68. The lowest BCUT2D eigenvalue weighted by molar-refractivity contribution is 0.790. The Hall–Kier alpha value is -3.64. The van der Waals surface area contributed by atoms with E-state index >= 15 is 0 Å². The fourth-order valence-corrected chi connectivity index (χ4v) is 5.82. The molecule has 0 heterocycles. The molecule has 0 N–H and O–H groups in total. The molecule has 0 bridgehead atoms. The van der Waals surface area contributed by atoms with Crippen molar-refractivity contribution in [3.8, 4) is 22.3 Å². The van der Waals surface area contributed by atoms with Gasteiger partial charge in [0.1, 0.15) is 0 Å². The van der Waals surface area contributed by atoms with E-state index in [0.717, 1.165) is 12.8 Å². The van der Waals surface area contributed by atoms with E-state index in [2.05, 4.69) is 98.1 Å². The van der Waals surface area contributed by atoms with Crippen LogP contribution in [0.5, 0.6) is 0 Å². The summed E-state index contributed by atoms with van der Waals surface area (Å²) < 4.78 is 0. The highest BCUT2D eigenvalue weighted by atomic mass is 14.5. The molecule has 0 unspecified atom stereocenters. The van der Waals surface area contributed by atoms with Gasteiger partial charge in [0.2, 0.25) is 0 Å². The van der Waals surface area contributed by atoms with Crippen molar-refractivity contribution in [2.45, 2.75) is 18.3 Å². The van der Waals surface area contributed by atoms with Crippen LogP contribution < -0.4 is 0 Å². The molecule has 0 aromatic heterocycles. The third-order valence-electron chi connectivity index (χ3n) is 6.98. The maximum atomic E-state index is 3.97. The van der Waals surface area contributed by atoms with E-state index in [4.69, 9.17) is 0 Å². The van der Waals surface area contributed by atoms with Gasteiger partial charge in [-0.1, -0.05) is 97.1 Å². The molecule has 0 nitrogen and oxygen atoms in total. The van der Waals surface area contributed by atoms with Crippen molar-refractivity contribution in [2.24, 2.45) is 0 Å². The Morgan fingerprint density at radius 2 is 0.935 bits per heavy atom. The molecule has 0 radical (unpaired) electrons. The van der Waals surface area contributed by atoms with Crippen LogP contribution in [0.4, 0.5) is 0 Å². The van der Waals surface area contributed by atoms with Gasteiger partial charge in [-0.3, -0.25) is 0 Å². The number of allylic oxidation sites excluding steroid dienone is 2. The van der Waals surface area contributed by atoms with Crippen molar-refractivity contribution in [3.63, 3.8) is 0 Å². The fourth-order valence-electron chi connectivity index (χ4n) is 5.82. The van der Waals surface area contributed by atoms with Crippen molar-refractivity contribution in [2.75, 3.05) is 0 Å². The van der Waals surface area contributed by atoms with Crippen LogP contribution in [0.3, 0.4) is 0 Å². The molecule has 0 heteroatoms. The third kappa shape index (κ3) is 2.31. The van der Waals surface area contributed by atoms with Crippen molar-refractivity contribution in [1.29, 1.82) is 0 Å². The van der Waals surface area contributed by atoms with Crippen LogP contribution >= 0.6 is 0 Å². The lowest BCUT2D eigenvalue weighted by Gasteiger charge is -2.31. The summed E-state index contributed by atoms with van der Waals surface area (Å²) in [4.78, 5) is 0. The van der Waals surface area contributed by atoms with Crippen molar-refractivity contribution in [1.82, 2.24) is 0 Å². The minimum Gasteiger partial charge on any atom is -0.103 e. The van der Waals surface area contributed by atoms with E-state index in [-0.39, 0.29) is 5.41 Å². The number of fused-ring (bicyclic) bond motifs is 10. The molecular weight excluding hydrogens is 372 g/mol. The van der Waals surface area contributed by atoms with Gasteiger partial charge in [0.05, 0.1) is 5.41 Å². The van der Waals surface area contributed by atoms with Gasteiger partial charge in [0.15, 0.2) is 0 Å². The number of benzene rings is 4. The zero-order chi connectivity index (χ0) is 21.0. The van der Waals surface area contributed by atoms with Gasteiger partial charge in [0, 0.05) is 0 Å². The molecule has 0 fully saturated rings. The van der Waals surface area contributed by atoms with Gasteiger partial charge in [-0.25, -0.2) is 0 Å². The van der Waals surface area contributed by atoms with Crippen LogP contribution in [0, 0.1) is 0 Å².